The normalized spacial score (nSPS) is 13.8. The van der Waals surface area contributed by atoms with Crippen LogP contribution in [-0.2, 0) is 0 Å². The Labute approximate surface area is 116 Å². The summed E-state index contributed by atoms with van der Waals surface area (Å²) in [6.45, 7) is 0.487. The topological polar surface area (TPSA) is 15.3 Å². The smallest absolute Gasteiger partial charge is 0.313 e. The van der Waals surface area contributed by atoms with Gasteiger partial charge in [0.25, 0.3) is 0 Å². The number of rotatable bonds is 7. The maximum atomic E-state index is 13.2. The highest BCUT2D eigenvalue weighted by atomic mass is 19.4. The van der Waals surface area contributed by atoms with Crippen LogP contribution in [0.15, 0.2) is 24.3 Å². The third-order valence-corrected chi connectivity index (χ3v) is 3.18. The van der Waals surface area contributed by atoms with E-state index in [0.29, 0.717) is 13.0 Å². The molecule has 2 nitrogen and oxygen atoms in total. The first-order valence-corrected chi connectivity index (χ1v) is 6.50. The van der Waals surface area contributed by atoms with Crippen LogP contribution in [0.3, 0.4) is 0 Å². The van der Waals surface area contributed by atoms with Gasteiger partial charge >= 0.3 is 6.18 Å². The Kier molecular flexibility index (Phi) is 6.42. The fraction of sp³-hybridized carbons (Fsp3) is 0.571. The third kappa shape index (κ3) is 6.34. The molecule has 1 atom stereocenters. The molecule has 0 fully saturated rings. The van der Waals surface area contributed by atoms with E-state index >= 15 is 0 Å². The summed E-state index contributed by atoms with van der Waals surface area (Å²) in [6, 6.07) is 6.17. The molecule has 0 aromatic heterocycles. The fourth-order valence-corrected chi connectivity index (χ4v) is 1.98. The van der Waals surface area contributed by atoms with E-state index in [2.05, 4.69) is 5.32 Å². The number of halogens is 4. The average Bonchev–Trinajstić information content (AvgIpc) is 2.36. The van der Waals surface area contributed by atoms with Crippen molar-refractivity contribution < 1.29 is 17.6 Å². The number of nitrogens with one attached hydrogen (secondary N) is 1. The van der Waals surface area contributed by atoms with E-state index in [0.717, 1.165) is 5.56 Å². The second kappa shape index (κ2) is 7.59. The van der Waals surface area contributed by atoms with Gasteiger partial charge in [-0.3, -0.25) is 0 Å². The molecule has 114 valence electrons. The standard InChI is InChI=1S/C14H20F4N2/c1-19-13(11-4-3-5-12(15)10-11)6-8-20(2)9-7-14(16,17)18/h3-5,10,13,19H,6-9H2,1-2H3. The van der Waals surface area contributed by atoms with Gasteiger partial charge in [0.1, 0.15) is 5.82 Å². The maximum absolute atomic E-state index is 13.2. The van der Waals surface area contributed by atoms with Gasteiger partial charge < -0.3 is 10.2 Å². The van der Waals surface area contributed by atoms with Crippen molar-refractivity contribution in [2.75, 3.05) is 27.2 Å². The second-order valence-electron chi connectivity index (χ2n) is 4.85. The van der Waals surface area contributed by atoms with Crippen LogP contribution in [0, 0.1) is 5.82 Å². The van der Waals surface area contributed by atoms with E-state index in [4.69, 9.17) is 0 Å². The highest BCUT2D eigenvalue weighted by Crippen LogP contribution is 2.21. The van der Waals surface area contributed by atoms with Gasteiger partial charge in [0, 0.05) is 12.6 Å². The van der Waals surface area contributed by atoms with Crippen LogP contribution in [-0.4, -0.2) is 38.3 Å². The molecule has 0 aliphatic heterocycles. The second-order valence-corrected chi connectivity index (χ2v) is 4.85. The van der Waals surface area contributed by atoms with E-state index in [1.165, 1.54) is 12.1 Å². The van der Waals surface area contributed by atoms with Gasteiger partial charge in [-0.1, -0.05) is 12.1 Å². The lowest BCUT2D eigenvalue weighted by atomic mass is 10.0. The van der Waals surface area contributed by atoms with Gasteiger partial charge in [-0.15, -0.1) is 0 Å². The van der Waals surface area contributed by atoms with Crippen LogP contribution >= 0.6 is 0 Å². The molecular weight excluding hydrogens is 272 g/mol. The molecule has 20 heavy (non-hydrogen) atoms. The van der Waals surface area contributed by atoms with Crippen LogP contribution in [0.5, 0.6) is 0 Å². The summed E-state index contributed by atoms with van der Waals surface area (Å²) in [5.41, 5.74) is 0.803. The summed E-state index contributed by atoms with van der Waals surface area (Å²) in [5.74, 6) is -0.312. The Morgan fingerprint density at radius 1 is 1.25 bits per heavy atom. The monoisotopic (exact) mass is 292 g/mol. The molecule has 0 saturated heterocycles. The van der Waals surface area contributed by atoms with Crippen molar-refractivity contribution >= 4 is 0 Å². The van der Waals surface area contributed by atoms with Crippen molar-refractivity contribution in [1.82, 2.24) is 10.2 Å². The van der Waals surface area contributed by atoms with Crippen molar-refractivity contribution in [2.45, 2.75) is 25.1 Å². The van der Waals surface area contributed by atoms with Crippen LogP contribution < -0.4 is 5.32 Å². The quantitative estimate of drug-likeness (QED) is 0.775. The summed E-state index contributed by atoms with van der Waals surface area (Å²) >= 11 is 0. The summed E-state index contributed by atoms with van der Waals surface area (Å²) < 4.78 is 49.5. The van der Waals surface area contributed by atoms with Gasteiger partial charge in [-0.05, 0) is 44.8 Å². The predicted octanol–water partition coefficient (Wildman–Crippen LogP) is 3.36. The zero-order valence-electron chi connectivity index (χ0n) is 11.7. The molecule has 0 saturated carbocycles. The van der Waals surface area contributed by atoms with Crippen LogP contribution in [0.25, 0.3) is 0 Å². The van der Waals surface area contributed by atoms with Gasteiger partial charge in [0.2, 0.25) is 0 Å². The Bertz CT molecular complexity index is 406. The number of hydrogen-bond acceptors (Lipinski definition) is 2. The SMILES string of the molecule is CNC(CCN(C)CCC(F)(F)F)c1cccc(F)c1. The number of benzene rings is 1. The molecule has 1 aromatic carbocycles. The molecular formula is C14H20F4N2. The van der Waals surface area contributed by atoms with Crippen molar-refractivity contribution in [1.29, 1.82) is 0 Å². The van der Waals surface area contributed by atoms with Crippen LogP contribution in [0.4, 0.5) is 17.6 Å². The van der Waals surface area contributed by atoms with Gasteiger partial charge in [-0.25, -0.2) is 4.39 Å². The van der Waals surface area contributed by atoms with Crippen molar-refractivity contribution in [3.63, 3.8) is 0 Å². The number of hydrogen-bond donors (Lipinski definition) is 1. The van der Waals surface area contributed by atoms with Crippen molar-refractivity contribution in [2.24, 2.45) is 0 Å². The molecule has 6 heteroatoms. The molecule has 0 heterocycles. The molecule has 0 amide bonds. The van der Waals surface area contributed by atoms with E-state index < -0.39 is 12.6 Å². The molecule has 1 N–H and O–H groups in total. The molecule has 0 bridgehead atoms. The minimum Gasteiger partial charge on any atom is -0.313 e. The summed E-state index contributed by atoms with van der Waals surface area (Å²) in [5, 5.41) is 3.06. The van der Waals surface area contributed by atoms with E-state index in [9.17, 15) is 17.6 Å². The van der Waals surface area contributed by atoms with E-state index in [1.54, 1.807) is 31.1 Å². The Morgan fingerprint density at radius 3 is 2.50 bits per heavy atom. The van der Waals surface area contributed by atoms with Crippen molar-refractivity contribution in [3.8, 4) is 0 Å². The zero-order valence-corrected chi connectivity index (χ0v) is 11.7. The Balaban J connectivity index is 2.45. The average molecular weight is 292 g/mol. The first-order valence-electron chi connectivity index (χ1n) is 6.50. The Morgan fingerprint density at radius 2 is 1.95 bits per heavy atom. The van der Waals surface area contributed by atoms with Gasteiger partial charge in [0.15, 0.2) is 0 Å². The zero-order chi connectivity index (χ0) is 15.2. The molecule has 0 spiro atoms. The van der Waals surface area contributed by atoms with Gasteiger partial charge in [0.05, 0.1) is 6.42 Å². The molecule has 1 unspecified atom stereocenters. The highest BCUT2D eigenvalue weighted by molar-refractivity contribution is 5.20. The lowest BCUT2D eigenvalue weighted by Gasteiger charge is -2.22. The van der Waals surface area contributed by atoms with Gasteiger partial charge in [-0.2, -0.15) is 13.2 Å². The highest BCUT2D eigenvalue weighted by Gasteiger charge is 2.27. The van der Waals surface area contributed by atoms with E-state index in [-0.39, 0.29) is 18.4 Å². The van der Waals surface area contributed by atoms with Crippen molar-refractivity contribution in [3.05, 3.63) is 35.6 Å². The summed E-state index contributed by atoms with van der Waals surface area (Å²) in [4.78, 5) is 1.64. The number of nitrogens with zero attached hydrogens (tertiary/aromatic N) is 1. The Hall–Kier alpha value is -1.14. The first-order chi connectivity index (χ1) is 9.31. The first kappa shape index (κ1) is 16.9. The maximum Gasteiger partial charge on any atom is 0.390 e. The molecule has 1 rings (SSSR count). The molecule has 0 aliphatic carbocycles. The van der Waals surface area contributed by atoms with E-state index in [1.807, 2.05) is 0 Å². The minimum atomic E-state index is -4.13. The summed E-state index contributed by atoms with van der Waals surface area (Å²) in [6.07, 6.45) is -4.32. The minimum absolute atomic E-state index is 0.0247. The lowest BCUT2D eigenvalue weighted by Crippen LogP contribution is -2.28. The third-order valence-electron chi connectivity index (χ3n) is 3.18. The summed E-state index contributed by atoms with van der Waals surface area (Å²) in [7, 11) is 3.41. The van der Waals surface area contributed by atoms with Crippen LogP contribution in [0.1, 0.15) is 24.4 Å². The van der Waals surface area contributed by atoms with Crippen LogP contribution in [0.2, 0.25) is 0 Å². The molecule has 0 aliphatic rings. The fourth-order valence-electron chi connectivity index (χ4n) is 1.98. The lowest BCUT2D eigenvalue weighted by molar-refractivity contribution is -0.137. The largest absolute Gasteiger partial charge is 0.390 e. The number of alkyl halides is 3. The molecule has 0 radical (unpaired) electrons. The molecule has 1 aromatic rings. The predicted molar refractivity (Wildman–Crippen MR) is 71.0 cm³/mol.